The van der Waals surface area contributed by atoms with E-state index in [0.717, 1.165) is 24.0 Å². The summed E-state index contributed by atoms with van der Waals surface area (Å²) in [6, 6.07) is 12.1. The maximum atomic E-state index is 13.2. The number of nitrogens with zero attached hydrogens (tertiary/aromatic N) is 2. The number of carboxylic acid groups (broad SMARTS) is 2. The van der Waals surface area contributed by atoms with E-state index in [4.69, 9.17) is 4.74 Å². The Kier molecular flexibility index (Phi) is 7.04. The van der Waals surface area contributed by atoms with Crippen LogP contribution < -0.4 is 4.74 Å². The summed E-state index contributed by atoms with van der Waals surface area (Å²) in [6.45, 7) is 2.09. The number of ether oxygens (including phenoxy) is 1. The van der Waals surface area contributed by atoms with Gasteiger partial charge in [-0.1, -0.05) is 30.3 Å². The highest BCUT2D eigenvalue weighted by molar-refractivity contribution is 5.99. The van der Waals surface area contributed by atoms with Gasteiger partial charge in [-0.3, -0.25) is 9.69 Å². The smallest absolute Gasteiger partial charge is 0.408 e. The van der Waals surface area contributed by atoms with Crippen molar-refractivity contribution >= 4 is 23.5 Å². The predicted molar refractivity (Wildman–Crippen MR) is 126 cm³/mol. The quantitative estimate of drug-likeness (QED) is 0.584. The molecule has 2 heterocycles. The molecule has 2 aliphatic heterocycles. The van der Waals surface area contributed by atoms with E-state index in [1.807, 2.05) is 24.3 Å². The molecule has 2 amide bonds. The number of amides is 2. The maximum absolute atomic E-state index is 13.2. The number of aliphatic carboxylic acids is 1. The van der Waals surface area contributed by atoms with Crippen molar-refractivity contribution in [1.29, 1.82) is 0 Å². The van der Waals surface area contributed by atoms with Gasteiger partial charge in [0.2, 0.25) is 5.91 Å². The normalized spacial score (nSPS) is 19.5. The van der Waals surface area contributed by atoms with Crippen molar-refractivity contribution < 1.29 is 33.7 Å². The molecule has 2 aliphatic rings. The summed E-state index contributed by atoms with van der Waals surface area (Å²) in [7, 11) is 0. The molecule has 0 spiro atoms. The molecule has 8 nitrogen and oxygen atoms in total. The number of halogens is 1. The number of benzene rings is 2. The minimum absolute atomic E-state index is 0.0193. The standard InChI is InChI=1S/C26H27FN2O6/c1-16(30)28-14-20-13-22(24(25(31)32)23(15-28)29(20)26(33)34)18-9-7-17(8-10-18)4-3-11-35-21-6-2-5-19(27)12-21/h2,5-10,12,20,23H,3-4,11,13-15H2,1H3,(H,31,32)(H,33,34). The molecule has 4 rings (SSSR count). The number of piperazine rings is 1. The van der Waals surface area contributed by atoms with Gasteiger partial charge in [0.05, 0.1) is 24.3 Å². The average molecular weight is 483 g/mol. The minimum Gasteiger partial charge on any atom is -0.493 e. The molecular weight excluding hydrogens is 455 g/mol. The number of rotatable bonds is 7. The second-order valence-corrected chi connectivity index (χ2v) is 8.79. The van der Waals surface area contributed by atoms with Gasteiger partial charge in [0, 0.05) is 26.1 Å². The van der Waals surface area contributed by atoms with E-state index in [9.17, 15) is 29.0 Å². The van der Waals surface area contributed by atoms with Gasteiger partial charge in [-0.15, -0.1) is 0 Å². The zero-order valence-corrected chi connectivity index (χ0v) is 19.3. The lowest BCUT2D eigenvalue weighted by atomic mass is 9.82. The average Bonchev–Trinajstić information content (AvgIpc) is 2.80. The third-order valence-corrected chi connectivity index (χ3v) is 6.53. The van der Waals surface area contributed by atoms with Gasteiger partial charge >= 0.3 is 12.1 Å². The van der Waals surface area contributed by atoms with E-state index in [-0.39, 0.29) is 36.8 Å². The molecule has 2 N–H and O–H groups in total. The molecule has 2 atom stereocenters. The van der Waals surface area contributed by atoms with Crippen LogP contribution in [-0.2, 0) is 16.0 Å². The van der Waals surface area contributed by atoms with Crippen molar-refractivity contribution in [1.82, 2.24) is 9.80 Å². The fourth-order valence-corrected chi connectivity index (χ4v) is 4.90. The molecule has 184 valence electrons. The van der Waals surface area contributed by atoms with Crippen LogP contribution in [0, 0.1) is 5.82 Å². The molecule has 0 aromatic heterocycles. The molecule has 2 bridgehead atoms. The first-order valence-electron chi connectivity index (χ1n) is 11.5. The minimum atomic E-state index is -1.18. The summed E-state index contributed by atoms with van der Waals surface area (Å²) >= 11 is 0. The van der Waals surface area contributed by atoms with E-state index >= 15 is 0 Å². The summed E-state index contributed by atoms with van der Waals surface area (Å²) in [6.07, 6.45) is 0.482. The number of aryl methyl sites for hydroxylation is 1. The van der Waals surface area contributed by atoms with Crippen molar-refractivity contribution in [2.45, 2.75) is 38.3 Å². The van der Waals surface area contributed by atoms with Gasteiger partial charge in [0.1, 0.15) is 11.6 Å². The summed E-state index contributed by atoms with van der Waals surface area (Å²) in [4.78, 5) is 38.8. The highest BCUT2D eigenvalue weighted by atomic mass is 19.1. The predicted octanol–water partition coefficient (Wildman–Crippen LogP) is 3.66. The van der Waals surface area contributed by atoms with Crippen LogP contribution in [0.25, 0.3) is 5.57 Å². The molecule has 1 fully saturated rings. The van der Waals surface area contributed by atoms with Crippen molar-refractivity contribution in [2.24, 2.45) is 0 Å². The van der Waals surface area contributed by atoms with Crippen LogP contribution in [0.3, 0.4) is 0 Å². The topological polar surface area (TPSA) is 107 Å². The first kappa shape index (κ1) is 24.3. The molecule has 1 saturated heterocycles. The molecule has 2 aromatic rings. The lowest BCUT2D eigenvalue weighted by molar-refractivity contribution is -0.137. The lowest BCUT2D eigenvalue weighted by Gasteiger charge is -2.49. The fourth-order valence-electron chi connectivity index (χ4n) is 4.90. The van der Waals surface area contributed by atoms with Gasteiger partial charge in [-0.25, -0.2) is 14.0 Å². The number of carboxylic acids is 1. The van der Waals surface area contributed by atoms with Crippen LogP contribution in [0.4, 0.5) is 9.18 Å². The van der Waals surface area contributed by atoms with E-state index in [1.165, 1.54) is 28.9 Å². The third-order valence-electron chi connectivity index (χ3n) is 6.53. The van der Waals surface area contributed by atoms with Crippen molar-refractivity contribution in [3.8, 4) is 5.75 Å². The highest BCUT2D eigenvalue weighted by Crippen LogP contribution is 2.38. The Morgan fingerprint density at radius 1 is 1.09 bits per heavy atom. The Morgan fingerprint density at radius 2 is 1.83 bits per heavy atom. The van der Waals surface area contributed by atoms with Gasteiger partial charge in [0.25, 0.3) is 0 Å². The Labute approximate surface area is 202 Å². The monoisotopic (exact) mass is 482 g/mol. The number of hydrogen-bond donors (Lipinski definition) is 2. The molecular formula is C26H27FN2O6. The first-order valence-corrected chi connectivity index (χ1v) is 11.5. The van der Waals surface area contributed by atoms with Crippen LogP contribution >= 0.6 is 0 Å². The van der Waals surface area contributed by atoms with Crippen LogP contribution in [0.1, 0.15) is 30.9 Å². The first-order chi connectivity index (χ1) is 16.7. The second kappa shape index (κ2) is 10.2. The number of hydrogen-bond acceptors (Lipinski definition) is 4. The van der Waals surface area contributed by atoms with Gasteiger partial charge in [0.15, 0.2) is 0 Å². The van der Waals surface area contributed by atoms with Crippen LogP contribution in [0.15, 0.2) is 54.1 Å². The van der Waals surface area contributed by atoms with E-state index < -0.39 is 24.1 Å². The number of carbonyl (C=O) groups excluding carboxylic acids is 1. The fraction of sp³-hybridized carbons (Fsp3) is 0.346. The van der Waals surface area contributed by atoms with Gasteiger partial charge in [-0.2, -0.15) is 0 Å². The zero-order valence-electron chi connectivity index (χ0n) is 19.3. The lowest BCUT2D eigenvalue weighted by Crippen LogP contribution is -2.64. The largest absolute Gasteiger partial charge is 0.493 e. The SMILES string of the molecule is CC(=O)N1CC2CC(c3ccc(CCCOc4cccc(F)c4)cc3)=C(C(=O)O)C(C1)N2C(=O)O. The Morgan fingerprint density at radius 3 is 2.46 bits per heavy atom. The third kappa shape index (κ3) is 5.29. The molecule has 0 saturated carbocycles. The Hall–Kier alpha value is -3.88. The molecule has 2 unspecified atom stereocenters. The zero-order chi connectivity index (χ0) is 25.1. The molecule has 9 heteroatoms. The maximum Gasteiger partial charge on any atom is 0.408 e. The van der Waals surface area contributed by atoms with Crippen molar-refractivity contribution in [3.63, 3.8) is 0 Å². The molecule has 0 aliphatic carbocycles. The Bertz CT molecular complexity index is 1160. The molecule has 0 radical (unpaired) electrons. The summed E-state index contributed by atoms with van der Waals surface area (Å²) in [5, 5.41) is 19.7. The van der Waals surface area contributed by atoms with E-state index in [2.05, 4.69) is 0 Å². The highest BCUT2D eigenvalue weighted by Gasteiger charge is 2.47. The van der Waals surface area contributed by atoms with Gasteiger partial charge < -0.3 is 19.8 Å². The Balaban J connectivity index is 1.49. The van der Waals surface area contributed by atoms with Crippen molar-refractivity contribution in [2.75, 3.05) is 19.7 Å². The van der Waals surface area contributed by atoms with Gasteiger partial charge in [-0.05, 0) is 48.1 Å². The van der Waals surface area contributed by atoms with E-state index in [0.29, 0.717) is 17.9 Å². The summed E-state index contributed by atoms with van der Waals surface area (Å²) in [5.74, 6) is -1.25. The number of fused-ring (bicyclic) bond motifs is 2. The molecule has 35 heavy (non-hydrogen) atoms. The summed E-state index contributed by atoms with van der Waals surface area (Å²) in [5.41, 5.74) is 2.40. The van der Waals surface area contributed by atoms with Crippen molar-refractivity contribution in [3.05, 3.63) is 71.0 Å². The molecule has 2 aromatic carbocycles. The van der Waals surface area contributed by atoms with Crippen LogP contribution in [0.5, 0.6) is 5.75 Å². The number of carbonyl (C=O) groups is 3. The summed E-state index contributed by atoms with van der Waals surface area (Å²) < 4.78 is 18.8. The second-order valence-electron chi connectivity index (χ2n) is 8.79. The van der Waals surface area contributed by atoms with E-state index in [1.54, 1.807) is 12.1 Å². The van der Waals surface area contributed by atoms with Crippen LogP contribution in [0.2, 0.25) is 0 Å². The van der Waals surface area contributed by atoms with Crippen LogP contribution in [-0.4, -0.2) is 69.8 Å².